The minimum atomic E-state index is -0.981. The Kier molecular flexibility index (Phi) is 6.57. The molecule has 0 atom stereocenters. The van der Waals surface area contributed by atoms with Crippen molar-refractivity contribution in [1.29, 1.82) is 0 Å². The normalized spacial score (nSPS) is 14.5. The van der Waals surface area contributed by atoms with Gasteiger partial charge in [-0.3, -0.25) is 4.90 Å². The van der Waals surface area contributed by atoms with Crippen LogP contribution in [-0.2, 0) is 0 Å². The minimum Gasteiger partial charge on any atom is -0.496 e. The van der Waals surface area contributed by atoms with Gasteiger partial charge < -0.3 is 29.2 Å². The number of ether oxygens (including phenoxy) is 2. The number of carboxylic acid groups (broad SMARTS) is 1. The lowest BCUT2D eigenvalue weighted by Gasteiger charge is -2.36. The van der Waals surface area contributed by atoms with Gasteiger partial charge in [-0.25, -0.2) is 9.78 Å². The van der Waals surface area contributed by atoms with E-state index >= 15 is 0 Å². The quantitative estimate of drug-likeness (QED) is 0.561. The Morgan fingerprint density at radius 3 is 2.59 bits per heavy atom. The van der Waals surface area contributed by atoms with E-state index in [9.17, 15) is 4.79 Å². The van der Waals surface area contributed by atoms with E-state index in [4.69, 9.17) is 31.2 Å². The Bertz CT molecular complexity index is 1110. The van der Waals surface area contributed by atoms with Crippen LogP contribution in [0.5, 0.6) is 11.5 Å². The van der Waals surface area contributed by atoms with Gasteiger partial charge in [-0.1, -0.05) is 11.6 Å². The Hall–Kier alpha value is -3.17. The number of halogens is 1. The number of benzene rings is 1. The van der Waals surface area contributed by atoms with Gasteiger partial charge in [-0.2, -0.15) is 0 Å². The highest BCUT2D eigenvalue weighted by Crippen LogP contribution is 2.38. The summed E-state index contributed by atoms with van der Waals surface area (Å²) in [6.07, 6.45) is 2.97. The van der Waals surface area contributed by atoms with Crippen LogP contribution >= 0.6 is 11.6 Å². The fourth-order valence-electron chi connectivity index (χ4n) is 3.91. The second-order valence-electron chi connectivity index (χ2n) is 7.52. The molecule has 1 fully saturated rings. The van der Waals surface area contributed by atoms with Crippen LogP contribution in [0.4, 0.5) is 10.5 Å². The van der Waals surface area contributed by atoms with Crippen LogP contribution in [0, 0.1) is 0 Å². The van der Waals surface area contributed by atoms with Gasteiger partial charge in [0.1, 0.15) is 17.1 Å². The zero-order valence-electron chi connectivity index (χ0n) is 18.0. The summed E-state index contributed by atoms with van der Waals surface area (Å²) in [7, 11) is 3.18. The minimum absolute atomic E-state index is 0.441. The second-order valence-corrected chi connectivity index (χ2v) is 7.93. The van der Waals surface area contributed by atoms with Crippen molar-refractivity contribution in [2.45, 2.75) is 0 Å². The Balaban J connectivity index is 1.50. The number of anilines is 1. The highest BCUT2D eigenvalue weighted by molar-refractivity contribution is 6.32. The number of amides is 1. The number of pyridine rings is 1. The van der Waals surface area contributed by atoms with E-state index in [1.54, 1.807) is 26.4 Å². The Morgan fingerprint density at radius 2 is 1.91 bits per heavy atom. The first-order chi connectivity index (χ1) is 15.5. The molecule has 4 rings (SSSR count). The number of nitrogens with zero attached hydrogens (tertiary/aromatic N) is 4. The van der Waals surface area contributed by atoms with Crippen LogP contribution in [0.2, 0.25) is 5.02 Å². The molecule has 1 aliphatic rings. The van der Waals surface area contributed by atoms with Gasteiger partial charge in [0.2, 0.25) is 0 Å². The zero-order valence-corrected chi connectivity index (χ0v) is 18.8. The molecule has 1 aromatic carbocycles. The average molecular weight is 460 g/mol. The van der Waals surface area contributed by atoms with Crippen LogP contribution < -0.4 is 19.7 Å². The van der Waals surface area contributed by atoms with Gasteiger partial charge in [0.15, 0.2) is 0 Å². The van der Waals surface area contributed by atoms with Crippen molar-refractivity contribution >= 4 is 29.0 Å². The first kappa shape index (κ1) is 22.0. The first-order valence-corrected chi connectivity index (χ1v) is 10.7. The van der Waals surface area contributed by atoms with Gasteiger partial charge in [0.05, 0.1) is 24.9 Å². The molecule has 0 radical (unpaired) electrons. The molecule has 32 heavy (non-hydrogen) atoms. The number of methoxy groups -OCH3 is 2. The van der Waals surface area contributed by atoms with Crippen LogP contribution in [0.25, 0.3) is 16.9 Å². The van der Waals surface area contributed by atoms with Crippen molar-refractivity contribution in [3.8, 4) is 22.8 Å². The molecule has 0 aliphatic carbocycles. The highest BCUT2D eigenvalue weighted by Gasteiger charge is 2.19. The second kappa shape index (κ2) is 9.54. The molecule has 1 saturated heterocycles. The number of imidazole rings is 1. The number of aromatic nitrogens is 2. The summed E-state index contributed by atoms with van der Waals surface area (Å²) in [6, 6.07) is 7.72. The molecule has 2 aromatic heterocycles. The molecule has 0 unspecified atom stereocenters. The molecule has 0 bridgehead atoms. The number of piperazine rings is 1. The molecule has 3 heterocycles. The molecule has 0 saturated carbocycles. The highest BCUT2D eigenvalue weighted by atomic mass is 35.5. The monoisotopic (exact) mass is 459 g/mol. The SMILES string of the molecule is COc1cc(OC)c(-c2cn3ccc(N4CCN(CCNC(=O)O)CC4)cc3n2)cc1Cl. The molecule has 170 valence electrons. The van der Waals surface area contributed by atoms with Crippen molar-refractivity contribution in [2.24, 2.45) is 0 Å². The summed E-state index contributed by atoms with van der Waals surface area (Å²) in [4.78, 5) is 20.0. The van der Waals surface area contributed by atoms with E-state index in [0.717, 1.165) is 55.3 Å². The van der Waals surface area contributed by atoms with Crippen molar-refractivity contribution in [3.05, 3.63) is 41.7 Å². The van der Waals surface area contributed by atoms with E-state index in [0.29, 0.717) is 23.1 Å². The molecular weight excluding hydrogens is 434 g/mol. The van der Waals surface area contributed by atoms with Gasteiger partial charge >= 0.3 is 6.09 Å². The number of hydrogen-bond acceptors (Lipinski definition) is 6. The predicted molar refractivity (Wildman–Crippen MR) is 123 cm³/mol. The molecule has 1 amide bonds. The lowest BCUT2D eigenvalue weighted by atomic mass is 10.1. The van der Waals surface area contributed by atoms with Crippen LogP contribution in [0.15, 0.2) is 36.7 Å². The Morgan fingerprint density at radius 1 is 1.16 bits per heavy atom. The molecule has 9 nitrogen and oxygen atoms in total. The maximum atomic E-state index is 10.6. The third-order valence-electron chi connectivity index (χ3n) is 5.64. The predicted octanol–water partition coefficient (Wildman–Crippen LogP) is 3.06. The zero-order chi connectivity index (χ0) is 22.7. The van der Waals surface area contributed by atoms with Crippen LogP contribution in [-0.4, -0.2) is 79.0 Å². The molecular formula is C22H26ClN5O4. The molecule has 10 heteroatoms. The third kappa shape index (κ3) is 4.68. The lowest BCUT2D eigenvalue weighted by molar-refractivity contribution is 0.190. The fraction of sp³-hybridized carbons (Fsp3) is 0.364. The van der Waals surface area contributed by atoms with Crippen molar-refractivity contribution in [2.75, 3.05) is 58.4 Å². The van der Waals surface area contributed by atoms with E-state index < -0.39 is 6.09 Å². The summed E-state index contributed by atoms with van der Waals surface area (Å²) in [5.41, 5.74) is 3.50. The summed E-state index contributed by atoms with van der Waals surface area (Å²) in [6.45, 7) is 4.67. The standard InChI is InChI=1S/C22H26ClN5O4/c1-31-19-13-20(32-2)17(23)12-16(19)18-14-28-5-3-15(11-21(28)25-18)27-9-7-26(8-10-27)6-4-24-22(29)30/h3,5,11-14,24H,4,6-10H2,1-2H3,(H,29,30). The number of nitrogens with one attached hydrogen (secondary N) is 1. The van der Waals surface area contributed by atoms with Gasteiger partial charge in [-0.15, -0.1) is 0 Å². The number of carbonyl (C=O) groups is 1. The summed E-state index contributed by atoms with van der Waals surface area (Å²) >= 11 is 6.33. The molecule has 1 aliphatic heterocycles. The maximum Gasteiger partial charge on any atom is 0.404 e. The van der Waals surface area contributed by atoms with Gasteiger partial charge in [0.25, 0.3) is 0 Å². The Labute approximate surface area is 191 Å². The van der Waals surface area contributed by atoms with Crippen LogP contribution in [0.3, 0.4) is 0 Å². The average Bonchev–Trinajstić information content (AvgIpc) is 3.22. The number of hydrogen-bond donors (Lipinski definition) is 2. The first-order valence-electron chi connectivity index (χ1n) is 10.3. The molecule has 3 aromatic rings. The van der Waals surface area contributed by atoms with E-state index in [-0.39, 0.29) is 0 Å². The lowest BCUT2D eigenvalue weighted by Crippen LogP contribution is -2.48. The smallest absolute Gasteiger partial charge is 0.404 e. The molecule has 0 spiro atoms. The summed E-state index contributed by atoms with van der Waals surface area (Å²) in [5.74, 6) is 1.19. The number of rotatable bonds is 7. The largest absolute Gasteiger partial charge is 0.496 e. The van der Waals surface area contributed by atoms with E-state index in [2.05, 4.69) is 27.2 Å². The van der Waals surface area contributed by atoms with Crippen LogP contribution in [0.1, 0.15) is 0 Å². The van der Waals surface area contributed by atoms with Gasteiger partial charge in [-0.05, 0) is 12.1 Å². The topological polar surface area (TPSA) is 91.6 Å². The van der Waals surface area contributed by atoms with Crippen molar-refractivity contribution in [1.82, 2.24) is 19.6 Å². The number of fused-ring (bicyclic) bond motifs is 1. The van der Waals surface area contributed by atoms with E-state index in [1.165, 1.54) is 0 Å². The van der Waals surface area contributed by atoms with Gasteiger partial charge in [0, 0.05) is 75.0 Å². The third-order valence-corrected chi connectivity index (χ3v) is 5.93. The van der Waals surface area contributed by atoms with Crippen molar-refractivity contribution in [3.63, 3.8) is 0 Å². The fourth-order valence-corrected chi connectivity index (χ4v) is 4.15. The van der Waals surface area contributed by atoms with E-state index in [1.807, 2.05) is 16.8 Å². The molecule has 2 N–H and O–H groups in total. The summed E-state index contributed by atoms with van der Waals surface area (Å²) < 4.78 is 12.8. The maximum absolute atomic E-state index is 10.6. The van der Waals surface area contributed by atoms with Crippen molar-refractivity contribution < 1.29 is 19.4 Å². The summed E-state index contributed by atoms with van der Waals surface area (Å²) in [5, 5.41) is 11.6.